The van der Waals surface area contributed by atoms with Crippen molar-refractivity contribution in [1.29, 1.82) is 0 Å². The van der Waals surface area contributed by atoms with E-state index in [0.717, 1.165) is 18.8 Å². The second-order valence-corrected chi connectivity index (χ2v) is 4.53. The fourth-order valence-electron chi connectivity index (χ4n) is 1.92. The van der Waals surface area contributed by atoms with Crippen LogP contribution in [0.3, 0.4) is 0 Å². The molecule has 0 fully saturated rings. The number of halogens is 2. The zero-order valence-corrected chi connectivity index (χ0v) is 10.9. The van der Waals surface area contributed by atoms with E-state index >= 15 is 0 Å². The third kappa shape index (κ3) is 2.54. The fraction of sp³-hybridized carbons (Fsp3) is 0.308. The van der Waals surface area contributed by atoms with Gasteiger partial charge in [-0.1, -0.05) is 24.6 Å². The van der Waals surface area contributed by atoms with E-state index in [-0.39, 0.29) is 5.82 Å². The highest BCUT2D eigenvalue weighted by Gasteiger charge is 2.17. The number of benzene rings is 1. The molecule has 1 heterocycles. The first kappa shape index (κ1) is 13.1. The molecule has 0 saturated carbocycles. The van der Waals surface area contributed by atoms with Crippen LogP contribution in [0.1, 0.15) is 30.8 Å². The molecule has 0 aliphatic carbocycles. The first-order valence-electron chi connectivity index (χ1n) is 5.85. The van der Waals surface area contributed by atoms with Gasteiger partial charge in [0.15, 0.2) is 0 Å². The molecule has 96 valence electrons. The summed E-state index contributed by atoms with van der Waals surface area (Å²) < 4.78 is 15.0. The van der Waals surface area contributed by atoms with Crippen molar-refractivity contribution in [3.05, 3.63) is 52.8 Å². The van der Waals surface area contributed by atoms with Crippen LogP contribution < -0.4 is 5.73 Å². The summed E-state index contributed by atoms with van der Waals surface area (Å²) >= 11 is 6.01. The third-order valence-electron chi connectivity index (χ3n) is 2.79. The Hall–Kier alpha value is -1.39. The van der Waals surface area contributed by atoms with Gasteiger partial charge in [-0.05, 0) is 24.1 Å². The summed E-state index contributed by atoms with van der Waals surface area (Å²) in [6.07, 6.45) is 4.59. The van der Waals surface area contributed by atoms with Gasteiger partial charge < -0.3 is 10.3 Å². The number of nitrogens with two attached hydrogens (primary N) is 1. The molecule has 3 nitrogen and oxygen atoms in total. The second-order valence-electron chi connectivity index (χ2n) is 4.12. The van der Waals surface area contributed by atoms with Gasteiger partial charge in [0.25, 0.3) is 0 Å². The number of imidazole rings is 1. The minimum Gasteiger partial charge on any atom is -0.333 e. The molecule has 0 amide bonds. The summed E-state index contributed by atoms with van der Waals surface area (Å²) in [6.45, 7) is 2.93. The minimum atomic E-state index is -0.445. The van der Waals surface area contributed by atoms with Crippen molar-refractivity contribution in [2.75, 3.05) is 0 Å². The summed E-state index contributed by atoms with van der Waals surface area (Å²) in [7, 11) is 0. The van der Waals surface area contributed by atoms with Crippen molar-refractivity contribution in [2.45, 2.75) is 25.9 Å². The standard InChI is InChI=1S/C13H15ClFN3/c1-2-6-18-7-5-17-13(18)12(16)10-4-3-9(15)8-11(10)14/h3-5,7-8,12H,2,6,16H2,1H3. The number of rotatable bonds is 4. The van der Waals surface area contributed by atoms with E-state index in [1.807, 2.05) is 10.8 Å². The molecule has 0 radical (unpaired) electrons. The van der Waals surface area contributed by atoms with Crippen LogP contribution in [-0.2, 0) is 6.54 Å². The predicted molar refractivity (Wildman–Crippen MR) is 70.0 cm³/mol. The van der Waals surface area contributed by atoms with Crippen molar-refractivity contribution >= 4 is 11.6 Å². The molecule has 0 aliphatic rings. The molecule has 2 rings (SSSR count). The number of hydrogen-bond acceptors (Lipinski definition) is 2. The summed E-state index contributed by atoms with van der Waals surface area (Å²) in [5.74, 6) is 0.373. The lowest BCUT2D eigenvalue weighted by Crippen LogP contribution is -2.18. The Kier molecular flexibility index (Phi) is 3.99. The van der Waals surface area contributed by atoms with E-state index in [2.05, 4.69) is 11.9 Å². The van der Waals surface area contributed by atoms with Gasteiger partial charge in [0.1, 0.15) is 11.6 Å². The maximum absolute atomic E-state index is 13.0. The van der Waals surface area contributed by atoms with E-state index in [1.54, 1.807) is 12.3 Å². The van der Waals surface area contributed by atoms with Crippen molar-refractivity contribution in [2.24, 2.45) is 5.73 Å². The molecule has 1 unspecified atom stereocenters. The lowest BCUT2D eigenvalue weighted by Gasteiger charge is -2.15. The fourth-order valence-corrected chi connectivity index (χ4v) is 2.21. The average Bonchev–Trinajstić information content (AvgIpc) is 2.77. The Morgan fingerprint density at radius 2 is 2.28 bits per heavy atom. The number of aryl methyl sites for hydroxylation is 1. The van der Waals surface area contributed by atoms with Gasteiger partial charge in [-0.15, -0.1) is 0 Å². The molecule has 0 saturated heterocycles. The van der Waals surface area contributed by atoms with Crippen LogP contribution in [0.15, 0.2) is 30.6 Å². The van der Waals surface area contributed by atoms with Crippen LogP contribution in [0.25, 0.3) is 0 Å². The number of nitrogens with zero attached hydrogens (tertiary/aromatic N) is 2. The Morgan fingerprint density at radius 3 is 2.94 bits per heavy atom. The third-order valence-corrected chi connectivity index (χ3v) is 3.12. The maximum Gasteiger partial charge on any atom is 0.130 e. The normalized spacial score (nSPS) is 12.7. The van der Waals surface area contributed by atoms with Crippen molar-refractivity contribution in [1.82, 2.24) is 9.55 Å². The number of aromatic nitrogens is 2. The Morgan fingerprint density at radius 1 is 1.50 bits per heavy atom. The molecule has 1 aromatic heterocycles. The summed E-state index contributed by atoms with van der Waals surface area (Å²) in [5, 5.41) is 0.327. The van der Waals surface area contributed by atoms with Crippen molar-refractivity contribution < 1.29 is 4.39 Å². The maximum atomic E-state index is 13.0. The molecule has 0 bridgehead atoms. The average molecular weight is 268 g/mol. The molecule has 0 spiro atoms. The van der Waals surface area contributed by atoms with Gasteiger partial charge in [0.2, 0.25) is 0 Å². The van der Waals surface area contributed by atoms with Crippen LogP contribution >= 0.6 is 11.6 Å². The summed E-state index contributed by atoms with van der Waals surface area (Å²) in [5.41, 5.74) is 6.83. The van der Waals surface area contributed by atoms with Crippen LogP contribution in [-0.4, -0.2) is 9.55 Å². The molecule has 0 aliphatic heterocycles. The highest BCUT2D eigenvalue weighted by Crippen LogP contribution is 2.26. The molecule has 5 heteroatoms. The molecule has 2 aromatic rings. The van der Waals surface area contributed by atoms with Crippen LogP contribution in [0, 0.1) is 5.82 Å². The Balaban J connectivity index is 2.35. The van der Waals surface area contributed by atoms with E-state index in [4.69, 9.17) is 17.3 Å². The monoisotopic (exact) mass is 267 g/mol. The highest BCUT2D eigenvalue weighted by molar-refractivity contribution is 6.31. The lowest BCUT2D eigenvalue weighted by molar-refractivity contribution is 0.608. The molecule has 1 aromatic carbocycles. The van der Waals surface area contributed by atoms with Gasteiger partial charge in [0, 0.05) is 24.0 Å². The van der Waals surface area contributed by atoms with E-state index < -0.39 is 6.04 Å². The molecular weight excluding hydrogens is 253 g/mol. The SMILES string of the molecule is CCCn1ccnc1C(N)c1ccc(F)cc1Cl. The van der Waals surface area contributed by atoms with Gasteiger partial charge in [-0.3, -0.25) is 0 Å². The minimum absolute atomic E-state index is 0.327. The zero-order valence-electron chi connectivity index (χ0n) is 10.1. The van der Waals surface area contributed by atoms with Gasteiger partial charge >= 0.3 is 0 Å². The van der Waals surface area contributed by atoms with E-state index in [1.165, 1.54) is 12.1 Å². The summed E-state index contributed by atoms with van der Waals surface area (Å²) in [6, 6.07) is 3.78. The quantitative estimate of drug-likeness (QED) is 0.925. The first-order chi connectivity index (χ1) is 8.63. The van der Waals surface area contributed by atoms with Crippen molar-refractivity contribution in [3.8, 4) is 0 Å². The number of hydrogen-bond donors (Lipinski definition) is 1. The van der Waals surface area contributed by atoms with Gasteiger partial charge in [-0.25, -0.2) is 9.37 Å². The largest absolute Gasteiger partial charge is 0.333 e. The molecule has 1 atom stereocenters. The van der Waals surface area contributed by atoms with E-state index in [9.17, 15) is 4.39 Å². The zero-order chi connectivity index (χ0) is 13.1. The first-order valence-corrected chi connectivity index (χ1v) is 6.22. The summed E-state index contributed by atoms with van der Waals surface area (Å²) in [4.78, 5) is 4.26. The predicted octanol–water partition coefficient (Wildman–Crippen LogP) is 3.13. The van der Waals surface area contributed by atoms with Gasteiger partial charge in [-0.2, -0.15) is 0 Å². The molecular formula is C13H15ClFN3. The topological polar surface area (TPSA) is 43.8 Å². The van der Waals surface area contributed by atoms with Crippen LogP contribution in [0.5, 0.6) is 0 Å². The lowest BCUT2D eigenvalue weighted by atomic mass is 10.1. The van der Waals surface area contributed by atoms with Crippen LogP contribution in [0.2, 0.25) is 5.02 Å². The highest BCUT2D eigenvalue weighted by atomic mass is 35.5. The van der Waals surface area contributed by atoms with Gasteiger partial charge in [0.05, 0.1) is 6.04 Å². The van der Waals surface area contributed by atoms with E-state index in [0.29, 0.717) is 10.6 Å². The second kappa shape index (κ2) is 5.50. The van der Waals surface area contributed by atoms with Crippen LogP contribution in [0.4, 0.5) is 4.39 Å². The Labute approximate surface area is 110 Å². The smallest absolute Gasteiger partial charge is 0.130 e. The molecule has 2 N–H and O–H groups in total. The Bertz CT molecular complexity index is 539. The van der Waals surface area contributed by atoms with Crippen molar-refractivity contribution in [3.63, 3.8) is 0 Å². The molecule has 18 heavy (non-hydrogen) atoms.